The van der Waals surface area contributed by atoms with Gasteiger partial charge in [-0.1, -0.05) is 20.8 Å². The second-order valence-corrected chi connectivity index (χ2v) is 4.55. The zero-order valence-corrected chi connectivity index (χ0v) is 9.61. The van der Waals surface area contributed by atoms with Gasteiger partial charge in [-0.05, 0) is 13.0 Å². The molecule has 0 aliphatic rings. The van der Waals surface area contributed by atoms with Crippen LogP contribution in [-0.4, -0.2) is 15.9 Å². The molecule has 1 heterocycles. The van der Waals surface area contributed by atoms with Gasteiger partial charge >= 0.3 is 0 Å². The van der Waals surface area contributed by atoms with Crippen molar-refractivity contribution in [3.8, 4) is 0 Å². The van der Waals surface area contributed by atoms with E-state index in [9.17, 15) is 4.79 Å². The molecule has 1 amide bonds. The van der Waals surface area contributed by atoms with E-state index in [2.05, 4.69) is 15.3 Å². The minimum Gasteiger partial charge on any atom is -0.346 e. The van der Waals surface area contributed by atoms with Crippen molar-refractivity contribution in [3.63, 3.8) is 0 Å². The number of nitrogens with zero attached hydrogens (tertiary/aromatic N) is 2. The number of rotatable bonds is 2. The van der Waals surface area contributed by atoms with Crippen LogP contribution in [0.15, 0.2) is 18.5 Å². The Kier molecular flexibility index (Phi) is 3.39. The number of hydrogen-bond acceptors (Lipinski definition) is 3. The lowest BCUT2D eigenvalue weighted by atomic mass is 9.95. The largest absolute Gasteiger partial charge is 0.346 e. The predicted molar refractivity (Wildman–Crippen MR) is 60.2 cm³/mol. The van der Waals surface area contributed by atoms with Crippen LogP contribution in [-0.2, 0) is 4.79 Å². The molecule has 0 saturated carbocycles. The van der Waals surface area contributed by atoms with E-state index >= 15 is 0 Å². The Balaban J connectivity index is 0.00000225. The van der Waals surface area contributed by atoms with E-state index in [1.807, 2.05) is 27.7 Å². The second kappa shape index (κ2) is 4.38. The van der Waals surface area contributed by atoms with E-state index < -0.39 is 0 Å². The molecule has 1 aromatic rings. The fourth-order valence-corrected chi connectivity index (χ4v) is 1.01. The first-order chi connectivity index (χ1) is 6.91. The first-order valence-corrected chi connectivity index (χ1v) is 4.99. The molecule has 0 aromatic carbocycles. The van der Waals surface area contributed by atoms with Crippen LogP contribution in [0.5, 0.6) is 0 Å². The van der Waals surface area contributed by atoms with Crippen LogP contribution >= 0.6 is 0 Å². The summed E-state index contributed by atoms with van der Waals surface area (Å²) in [6, 6.07) is 1.60. The van der Waals surface area contributed by atoms with Crippen LogP contribution < -0.4 is 5.32 Å². The Morgan fingerprint density at radius 2 is 1.93 bits per heavy atom. The Bertz CT molecular complexity index is 335. The highest BCUT2D eigenvalue weighted by molar-refractivity contribution is 5.81. The highest BCUT2D eigenvalue weighted by Crippen LogP contribution is 2.15. The Morgan fingerprint density at radius 1 is 1.40 bits per heavy atom. The van der Waals surface area contributed by atoms with E-state index in [1.54, 1.807) is 18.5 Å². The molecule has 0 radical (unpaired) electrons. The minimum atomic E-state index is -0.386. The lowest BCUT2D eigenvalue weighted by Gasteiger charge is -2.20. The fourth-order valence-electron chi connectivity index (χ4n) is 1.01. The topological polar surface area (TPSA) is 54.9 Å². The fraction of sp³-hybridized carbons (Fsp3) is 0.545. The van der Waals surface area contributed by atoms with E-state index in [0.717, 1.165) is 0 Å². The van der Waals surface area contributed by atoms with E-state index in [4.69, 9.17) is 0 Å². The lowest BCUT2D eigenvalue weighted by molar-refractivity contribution is -0.129. The van der Waals surface area contributed by atoms with Crippen molar-refractivity contribution in [2.75, 3.05) is 0 Å². The van der Waals surface area contributed by atoms with Gasteiger partial charge in [-0.3, -0.25) is 4.79 Å². The van der Waals surface area contributed by atoms with Gasteiger partial charge in [0.2, 0.25) is 5.91 Å². The van der Waals surface area contributed by atoms with E-state index in [0.29, 0.717) is 5.82 Å². The molecule has 0 spiro atoms. The van der Waals surface area contributed by atoms with Crippen molar-refractivity contribution in [2.24, 2.45) is 5.41 Å². The van der Waals surface area contributed by atoms with Crippen molar-refractivity contribution in [1.82, 2.24) is 15.3 Å². The van der Waals surface area contributed by atoms with E-state index in [-0.39, 0.29) is 18.8 Å². The molecule has 0 fully saturated rings. The molecule has 1 N–H and O–H groups in total. The molecule has 4 nitrogen and oxygen atoms in total. The molecule has 1 aromatic heterocycles. The molecule has 4 heteroatoms. The normalized spacial score (nSPS) is 13.3. The predicted octanol–water partition coefficient (Wildman–Crippen LogP) is 1.95. The Hall–Kier alpha value is -1.45. The maximum Gasteiger partial charge on any atom is 0.225 e. The van der Waals surface area contributed by atoms with Gasteiger partial charge < -0.3 is 5.32 Å². The maximum absolute atomic E-state index is 11.7. The molecule has 0 aliphatic carbocycles. The summed E-state index contributed by atoms with van der Waals surface area (Å²) < 4.78 is 0. The quantitative estimate of drug-likeness (QED) is 0.810. The number of aromatic nitrogens is 2. The standard InChI is InChI=1S/C11H17N3O.H2/c1-8(9-12-6-5-7-13-9)14-10(15)11(2,3)4;/h5-8H,1-4H3,(H,14,15);1H/t8-;/m1./s1. The van der Waals surface area contributed by atoms with Gasteiger partial charge in [-0.2, -0.15) is 0 Å². The van der Waals surface area contributed by atoms with Crippen molar-refractivity contribution in [1.29, 1.82) is 0 Å². The molecule has 84 valence electrons. The van der Waals surface area contributed by atoms with Gasteiger partial charge in [-0.25, -0.2) is 9.97 Å². The van der Waals surface area contributed by atoms with Crippen molar-refractivity contribution >= 4 is 5.91 Å². The molecular weight excluding hydrogens is 190 g/mol. The first kappa shape index (κ1) is 11.6. The Labute approximate surface area is 91.6 Å². The van der Waals surface area contributed by atoms with Crippen LogP contribution in [0.4, 0.5) is 0 Å². The number of carbonyl (C=O) groups excluding carboxylic acids is 1. The van der Waals surface area contributed by atoms with Crippen LogP contribution in [0.1, 0.15) is 41.0 Å². The van der Waals surface area contributed by atoms with Crippen molar-refractivity contribution < 1.29 is 6.22 Å². The van der Waals surface area contributed by atoms with Gasteiger partial charge in [-0.15, -0.1) is 0 Å². The van der Waals surface area contributed by atoms with Crippen LogP contribution in [0.3, 0.4) is 0 Å². The van der Waals surface area contributed by atoms with Crippen molar-refractivity contribution in [3.05, 3.63) is 24.3 Å². The van der Waals surface area contributed by atoms with Crippen LogP contribution in [0.25, 0.3) is 0 Å². The number of nitrogens with one attached hydrogen (secondary N) is 1. The second-order valence-electron chi connectivity index (χ2n) is 4.55. The van der Waals surface area contributed by atoms with Crippen molar-refractivity contribution in [2.45, 2.75) is 33.7 Å². The Morgan fingerprint density at radius 3 is 2.40 bits per heavy atom. The summed E-state index contributed by atoms with van der Waals surface area (Å²) in [5, 5.41) is 2.87. The average molecular weight is 209 g/mol. The van der Waals surface area contributed by atoms with Gasteiger partial charge in [0.1, 0.15) is 5.82 Å². The lowest BCUT2D eigenvalue weighted by Crippen LogP contribution is -2.36. The molecule has 0 bridgehead atoms. The summed E-state index contributed by atoms with van der Waals surface area (Å²) in [4.78, 5) is 19.9. The molecule has 1 atom stereocenters. The molecule has 0 aliphatic heterocycles. The zero-order valence-electron chi connectivity index (χ0n) is 9.61. The van der Waals surface area contributed by atoms with E-state index in [1.165, 1.54) is 0 Å². The smallest absolute Gasteiger partial charge is 0.225 e. The first-order valence-electron chi connectivity index (χ1n) is 4.99. The van der Waals surface area contributed by atoms with Gasteiger partial charge in [0.05, 0.1) is 6.04 Å². The number of carbonyl (C=O) groups is 1. The third-order valence-electron chi connectivity index (χ3n) is 2.00. The minimum absolute atomic E-state index is 0. The summed E-state index contributed by atoms with van der Waals surface area (Å²) >= 11 is 0. The highest BCUT2D eigenvalue weighted by atomic mass is 16.2. The van der Waals surface area contributed by atoms with Gasteiger partial charge in [0.25, 0.3) is 0 Å². The number of amides is 1. The van der Waals surface area contributed by atoms with Gasteiger partial charge in [0.15, 0.2) is 0 Å². The van der Waals surface area contributed by atoms with Crippen LogP contribution in [0, 0.1) is 5.41 Å². The molecule has 0 unspecified atom stereocenters. The molecule has 0 saturated heterocycles. The number of hydrogen-bond donors (Lipinski definition) is 1. The summed E-state index contributed by atoms with van der Waals surface area (Å²) in [7, 11) is 0. The highest BCUT2D eigenvalue weighted by Gasteiger charge is 2.23. The molecule has 15 heavy (non-hydrogen) atoms. The zero-order chi connectivity index (χ0) is 11.5. The average Bonchev–Trinajstić information content (AvgIpc) is 2.17. The summed E-state index contributed by atoms with van der Waals surface area (Å²) in [6.45, 7) is 7.50. The summed E-state index contributed by atoms with van der Waals surface area (Å²) in [6.07, 6.45) is 3.34. The molecule has 1 rings (SSSR count). The van der Waals surface area contributed by atoms with Crippen LogP contribution in [0.2, 0.25) is 0 Å². The summed E-state index contributed by atoms with van der Waals surface area (Å²) in [5.41, 5.74) is -0.386. The monoisotopic (exact) mass is 209 g/mol. The maximum atomic E-state index is 11.7. The van der Waals surface area contributed by atoms with Gasteiger partial charge in [0, 0.05) is 19.2 Å². The summed E-state index contributed by atoms with van der Waals surface area (Å²) in [5.74, 6) is 0.637. The SMILES string of the molecule is C[C@@H](NC(=O)C(C)(C)C)c1ncccn1.[HH]. The molecular formula is C11H19N3O. The third-order valence-corrected chi connectivity index (χ3v) is 2.00. The third kappa shape index (κ3) is 3.31.